The van der Waals surface area contributed by atoms with Crippen molar-refractivity contribution in [3.63, 3.8) is 0 Å². The molecule has 0 fully saturated rings. The van der Waals surface area contributed by atoms with E-state index in [-0.39, 0.29) is 0 Å². The topological polar surface area (TPSA) is 87.2 Å². The highest BCUT2D eigenvalue weighted by molar-refractivity contribution is 5.90. The van der Waals surface area contributed by atoms with E-state index in [9.17, 15) is 0 Å². The van der Waals surface area contributed by atoms with Crippen LogP contribution in [0.3, 0.4) is 0 Å². The van der Waals surface area contributed by atoms with Crippen LogP contribution in [-0.4, -0.2) is 39.0 Å². The molecule has 5 aromatic heterocycles. The third-order valence-electron chi connectivity index (χ3n) is 11.4. The Balaban J connectivity index is 1.15. The van der Waals surface area contributed by atoms with Gasteiger partial charge in [0, 0.05) is 62.4 Å². The lowest BCUT2D eigenvalue weighted by Gasteiger charge is -2.15. The van der Waals surface area contributed by atoms with Gasteiger partial charge in [0.2, 0.25) is 0 Å². The van der Waals surface area contributed by atoms with Crippen molar-refractivity contribution in [3.05, 3.63) is 207 Å². The van der Waals surface area contributed by atoms with Crippen molar-refractivity contribution in [1.82, 2.24) is 39.0 Å². The van der Waals surface area contributed by atoms with Gasteiger partial charge in [-0.25, -0.2) is 19.9 Å². The molecule has 0 atom stereocenters. The van der Waals surface area contributed by atoms with Gasteiger partial charge in [-0.05, 0) is 109 Å². The van der Waals surface area contributed by atoms with Gasteiger partial charge in [0.25, 0.3) is 0 Å². The molecule has 0 radical (unpaired) electrons. The molecule has 0 spiro atoms. The summed E-state index contributed by atoms with van der Waals surface area (Å²) >= 11 is 0. The van der Waals surface area contributed by atoms with E-state index in [0.29, 0.717) is 5.82 Å². The van der Waals surface area contributed by atoms with E-state index in [0.717, 1.165) is 106 Å². The Kier molecular flexibility index (Phi) is 8.31. The lowest BCUT2D eigenvalue weighted by atomic mass is 10.0. The second-order valence-electron chi connectivity index (χ2n) is 15.3. The van der Waals surface area contributed by atoms with Crippen LogP contribution in [0.25, 0.3) is 112 Å². The maximum absolute atomic E-state index is 5.39. The first kappa shape index (κ1) is 35.3. The second kappa shape index (κ2) is 14.6. The molecule has 12 aromatic rings. The van der Waals surface area contributed by atoms with E-state index in [4.69, 9.17) is 19.9 Å². The largest absolute Gasteiger partial charge is 0.292 e. The van der Waals surface area contributed by atoms with Gasteiger partial charge in [0.1, 0.15) is 11.6 Å². The molecule has 0 aliphatic carbocycles. The van der Waals surface area contributed by atoms with Crippen LogP contribution < -0.4 is 0 Å². The molecule has 0 bridgehead atoms. The van der Waals surface area contributed by atoms with E-state index in [1.165, 1.54) is 0 Å². The molecule has 0 N–H and O–H groups in total. The molecule has 62 heavy (non-hydrogen) atoms. The smallest absolute Gasteiger partial charge is 0.160 e. The Morgan fingerprint density at radius 1 is 0.306 bits per heavy atom. The number of imidazole rings is 2. The highest BCUT2D eigenvalue weighted by atomic mass is 15.1. The molecule has 0 aliphatic heterocycles. The Morgan fingerprint density at radius 3 is 1.26 bits per heavy atom. The van der Waals surface area contributed by atoms with E-state index in [2.05, 4.69) is 177 Å². The fraction of sp³-hybridized carbons (Fsp3) is 0. The number of fused-ring (bicyclic) bond motifs is 4. The molecule has 290 valence electrons. The molecule has 8 nitrogen and oxygen atoms in total. The van der Waals surface area contributed by atoms with Gasteiger partial charge in [-0.2, -0.15) is 0 Å². The Morgan fingerprint density at radius 2 is 0.758 bits per heavy atom. The Bertz CT molecular complexity index is 3420. The quantitative estimate of drug-likeness (QED) is 0.160. The molecule has 5 heterocycles. The number of hydrogen-bond acceptors (Lipinski definition) is 6. The minimum Gasteiger partial charge on any atom is -0.292 e. The zero-order valence-electron chi connectivity index (χ0n) is 33.2. The summed E-state index contributed by atoms with van der Waals surface area (Å²) in [7, 11) is 0. The van der Waals surface area contributed by atoms with E-state index in [1.807, 2.05) is 48.8 Å². The van der Waals surface area contributed by atoms with Crippen molar-refractivity contribution in [2.24, 2.45) is 0 Å². The van der Waals surface area contributed by atoms with Crippen molar-refractivity contribution >= 4 is 43.9 Å². The average Bonchev–Trinajstić information content (AvgIpc) is 3.94. The van der Waals surface area contributed by atoms with Crippen molar-refractivity contribution in [2.45, 2.75) is 0 Å². The summed E-state index contributed by atoms with van der Waals surface area (Å²) in [5.74, 6) is 2.16. The van der Waals surface area contributed by atoms with Crippen LogP contribution in [0.4, 0.5) is 0 Å². The molecule has 8 heteroatoms. The maximum atomic E-state index is 5.39. The predicted molar refractivity (Wildman–Crippen MR) is 249 cm³/mol. The second-order valence-corrected chi connectivity index (χ2v) is 15.3. The van der Waals surface area contributed by atoms with Crippen LogP contribution in [-0.2, 0) is 0 Å². The number of nitrogens with zero attached hydrogens (tertiary/aromatic N) is 8. The minimum absolute atomic E-state index is 0.572. The summed E-state index contributed by atoms with van der Waals surface area (Å²) < 4.78 is 4.46. The SMILES string of the molecule is c1ccc(-n2c(-c3cc(-c4nc(-c5ccc6ncccc6c5)cc(-c5ccc6ncccc6c5)n4)cc(-c4nc5ccccc5n4-c4ccccc4)c3)nc3ccccc32)cc1. The molecule has 7 aromatic carbocycles. The monoisotopic (exact) mass is 794 g/mol. The van der Waals surface area contributed by atoms with E-state index in [1.54, 1.807) is 0 Å². The maximum Gasteiger partial charge on any atom is 0.160 e. The zero-order chi connectivity index (χ0) is 41.0. The number of para-hydroxylation sites is 6. The zero-order valence-corrected chi connectivity index (χ0v) is 33.2. The Labute approximate surface area is 356 Å². The number of pyridine rings is 2. The van der Waals surface area contributed by atoms with Gasteiger partial charge >= 0.3 is 0 Å². The lowest BCUT2D eigenvalue weighted by molar-refractivity contribution is 1.09. The van der Waals surface area contributed by atoms with E-state index < -0.39 is 0 Å². The Hall–Kier alpha value is -8.62. The number of aromatic nitrogens is 8. The molecular weight excluding hydrogens is 761 g/mol. The third kappa shape index (κ3) is 6.17. The third-order valence-corrected chi connectivity index (χ3v) is 11.4. The first-order valence-corrected chi connectivity index (χ1v) is 20.5. The summed E-state index contributed by atoms with van der Waals surface area (Å²) in [6.45, 7) is 0. The average molecular weight is 795 g/mol. The minimum atomic E-state index is 0.572. The first-order chi connectivity index (χ1) is 30.7. The van der Waals surface area contributed by atoms with Crippen molar-refractivity contribution in [3.8, 4) is 68.1 Å². The van der Waals surface area contributed by atoms with Crippen molar-refractivity contribution in [2.75, 3.05) is 0 Å². The van der Waals surface area contributed by atoms with Gasteiger partial charge in [-0.1, -0.05) is 84.9 Å². The standard InChI is InChI=1S/C54H34N8/c1-3-15-42(16-4-1)61-50-21-9-7-19-46(50)59-53(61)40-31-39(32-41(33-40)54-60-47-20-8-10-22-51(47)62(54)43-17-5-2-6-18-43)52-57-48(37-23-25-44-35(29-37)13-11-27-55-44)34-49(58-52)38-24-26-45-36(30-38)14-12-28-56-45/h1-34H. The normalized spacial score (nSPS) is 11.5. The van der Waals surface area contributed by atoms with Gasteiger partial charge in [-0.3, -0.25) is 19.1 Å². The van der Waals surface area contributed by atoms with Crippen LogP contribution in [0.1, 0.15) is 0 Å². The molecule has 0 aliphatic rings. The van der Waals surface area contributed by atoms with Crippen LogP contribution in [0, 0.1) is 0 Å². The first-order valence-electron chi connectivity index (χ1n) is 20.5. The fourth-order valence-electron chi connectivity index (χ4n) is 8.47. The van der Waals surface area contributed by atoms with E-state index >= 15 is 0 Å². The molecule has 12 rings (SSSR count). The summed E-state index contributed by atoms with van der Waals surface area (Å²) in [4.78, 5) is 30.6. The summed E-state index contributed by atoms with van der Waals surface area (Å²) in [5.41, 5.74) is 13.8. The van der Waals surface area contributed by atoms with Crippen molar-refractivity contribution < 1.29 is 0 Å². The predicted octanol–water partition coefficient (Wildman–Crippen LogP) is 12.6. The molecule has 0 unspecified atom stereocenters. The van der Waals surface area contributed by atoms with Crippen LogP contribution >= 0.6 is 0 Å². The summed E-state index contributed by atoms with van der Waals surface area (Å²) in [5, 5.41) is 2.07. The van der Waals surface area contributed by atoms with Gasteiger partial charge in [0.15, 0.2) is 5.82 Å². The van der Waals surface area contributed by atoms with Crippen LogP contribution in [0.5, 0.6) is 0 Å². The molecule has 0 saturated carbocycles. The number of hydrogen-bond donors (Lipinski definition) is 0. The summed E-state index contributed by atoms with van der Waals surface area (Å²) in [6.07, 6.45) is 3.64. The highest BCUT2D eigenvalue weighted by Crippen LogP contribution is 2.38. The molecule has 0 saturated heterocycles. The van der Waals surface area contributed by atoms with Crippen molar-refractivity contribution in [1.29, 1.82) is 0 Å². The van der Waals surface area contributed by atoms with Gasteiger partial charge in [-0.15, -0.1) is 0 Å². The van der Waals surface area contributed by atoms with Crippen LogP contribution in [0.2, 0.25) is 0 Å². The van der Waals surface area contributed by atoms with Crippen LogP contribution in [0.15, 0.2) is 207 Å². The number of rotatable bonds is 7. The van der Waals surface area contributed by atoms with Gasteiger partial charge < -0.3 is 0 Å². The lowest BCUT2D eigenvalue weighted by Crippen LogP contribution is -2.01. The fourth-order valence-corrected chi connectivity index (χ4v) is 8.47. The highest BCUT2D eigenvalue weighted by Gasteiger charge is 2.22. The number of benzene rings is 7. The molecule has 0 amide bonds. The van der Waals surface area contributed by atoms with Gasteiger partial charge in [0.05, 0.1) is 44.5 Å². The summed E-state index contributed by atoms with van der Waals surface area (Å²) in [6, 6.07) is 66.6. The molecular formula is C54H34N8.